The maximum absolute atomic E-state index is 2.72. The summed E-state index contributed by atoms with van der Waals surface area (Å²) in [4.78, 5) is 5.43. The fourth-order valence-electron chi connectivity index (χ4n) is 7.60. The lowest BCUT2D eigenvalue weighted by Gasteiger charge is -2.33. The van der Waals surface area contributed by atoms with Crippen LogP contribution in [0.15, 0.2) is 12.4 Å². The van der Waals surface area contributed by atoms with Gasteiger partial charge < -0.3 is 9.80 Å². The summed E-state index contributed by atoms with van der Waals surface area (Å²) in [5.74, 6) is 0. The first-order chi connectivity index (χ1) is 22.8. The van der Waals surface area contributed by atoms with Crippen LogP contribution >= 0.6 is 0 Å². The Balaban J connectivity index is 2.07. The smallest absolute Gasteiger partial charge is 0.101 e. The second-order valence-corrected chi connectivity index (χ2v) is 15.4. The quantitative estimate of drug-likeness (QED) is 0.0617. The van der Waals surface area contributed by atoms with Gasteiger partial charge in [-0.25, -0.2) is 0 Å². The molecule has 0 aromatic carbocycles. The lowest BCUT2D eigenvalue weighted by atomic mass is 10.0. The third-order valence-corrected chi connectivity index (χ3v) is 10.8. The molecule has 0 saturated heterocycles. The van der Waals surface area contributed by atoms with Crippen LogP contribution in [0.3, 0.4) is 0 Å². The molecule has 0 amide bonds. The number of rotatable bonds is 38. The van der Waals surface area contributed by atoms with Crippen LogP contribution in [0.2, 0.25) is 0 Å². The molecule has 46 heavy (non-hydrogen) atoms. The van der Waals surface area contributed by atoms with Gasteiger partial charge in [-0.2, -0.15) is 0 Å². The fourth-order valence-corrected chi connectivity index (χ4v) is 7.60. The van der Waals surface area contributed by atoms with Crippen LogP contribution in [0, 0.1) is 0 Å². The van der Waals surface area contributed by atoms with Gasteiger partial charge in [0.2, 0.25) is 0 Å². The highest BCUT2D eigenvalue weighted by atomic mass is 15.4. The van der Waals surface area contributed by atoms with Crippen molar-refractivity contribution in [1.82, 2.24) is 9.80 Å². The molecule has 0 aromatic heterocycles. The van der Waals surface area contributed by atoms with Crippen molar-refractivity contribution in [2.24, 2.45) is 0 Å². The molecule has 0 aliphatic carbocycles. The van der Waals surface area contributed by atoms with E-state index in [0.29, 0.717) is 6.17 Å². The molecule has 1 rings (SSSR count). The monoisotopic (exact) mass is 645 g/mol. The van der Waals surface area contributed by atoms with Crippen molar-refractivity contribution in [2.75, 3.05) is 13.1 Å². The van der Waals surface area contributed by atoms with Crippen molar-refractivity contribution in [3.05, 3.63) is 12.4 Å². The van der Waals surface area contributed by atoms with E-state index in [1.54, 1.807) is 0 Å². The average molecular weight is 645 g/mol. The predicted octanol–water partition coefficient (Wildman–Crippen LogP) is 15.5. The van der Waals surface area contributed by atoms with E-state index < -0.39 is 0 Å². The highest BCUT2D eigenvalue weighted by Gasteiger charge is 2.24. The van der Waals surface area contributed by atoms with Gasteiger partial charge in [0.25, 0.3) is 0 Å². The molecule has 1 unspecified atom stereocenters. The van der Waals surface area contributed by atoms with Crippen LogP contribution in [0.25, 0.3) is 0 Å². The molecule has 1 aliphatic rings. The average Bonchev–Trinajstić information content (AvgIpc) is 3.45. The van der Waals surface area contributed by atoms with E-state index in [9.17, 15) is 0 Å². The zero-order chi connectivity index (χ0) is 33.0. The van der Waals surface area contributed by atoms with E-state index in [-0.39, 0.29) is 0 Å². The van der Waals surface area contributed by atoms with Gasteiger partial charge in [0, 0.05) is 25.5 Å². The second-order valence-electron chi connectivity index (χ2n) is 15.4. The van der Waals surface area contributed by atoms with Crippen molar-refractivity contribution in [1.29, 1.82) is 0 Å². The van der Waals surface area contributed by atoms with E-state index in [4.69, 9.17) is 0 Å². The molecule has 1 atom stereocenters. The Morgan fingerprint density at radius 1 is 0.283 bits per heavy atom. The Bertz CT molecular complexity index is 601. The molecule has 2 heteroatoms. The van der Waals surface area contributed by atoms with Gasteiger partial charge in [-0.1, -0.05) is 226 Å². The number of unbranched alkanes of at least 4 members (excludes halogenated alkanes) is 32. The molecule has 0 radical (unpaired) electrons. The Labute approximate surface area is 292 Å². The number of nitrogens with zero attached hydrogens (tertiary/aromatic N) is 2. The van der Waals surface area contributed by atoms with Crippen LogP contribution in [-0.4, -0.2) is 29.1 Å². The van der Waals surface area contributed by atoms with E-state index in [0.717, 1.165) is 0 Å². The predicted molar refractivity (Wildman–Crippen MR) is 210 cm³/mol. The first-order valence-electron chi connectivity index (χ1n) is 22.0. The zero-order valence-electron chi connectivity index (χ0n) is 32.5. The molecular formula is C44H88N2. The van der Waals surface area contributed by atoms with Gasteiger partial charge in [-0.05, 0) is 25.7 Å². The summed E-state index contributed by atoms with van der Waals surface area (Å²) in [7, 11) is 0. The summed E-state index contributed by atoms with van der Waals surface area (Å²) in [5.41, 5.74) is 0. The molecule has 1 heterocycles. The molecule has 0 bridgehead atoms. The Kier molecular flexibility index (Phi) is 33.6. The maximum Gasteiger partial charge on any atom is 0.101 e. The Morgan fingerprint density at radius 3 is 0.761 bits per heavy atom. The van der Waals surface area contributed by atoms with E-state index >= 15 is 0 Å². The Morgan fingerprint density at radius 2 is 0.500 bits per heavy atom. The molecule has 0 saturated carbocycles. The zero-order valence-corrected chi connectivity index (χ0v) is 32.5. The van der Waals surface area contributed by atoms with E-state index in [1.807, 2.05) is 0 Å². The molecule has 0 aromatic rings. The highest BCUT2D eigenvalue weighted by molar-refractivity contribution is 4.97. The second kappa shape index (κ2) is 35.6. The topological polar surface area (TPSA) is 6.48 Å². The normalized spacial score (nSPS) is 14.7. The standard InChI is InChI=1S/C44H88N2/c1-4-7-10-13-15-17-19-21-22-23-24-26-28-30-32-35-38-41-46-43-42-45(44(46)39-36-33-12-9-6-3)40-37-34-31-29-27-25-20-18-16-14-11-8-5-2/h42-44H,4-41H2,1-3H3. The number of hydrogen-bond acceptors (Lipinski definition) is 2. The number of hydrogen-bond donors (Lipinski definition) is 0. The lowest BCUT2D eigenvalue weighted by molar-refractivity contribution is 0.135. The minimum Gasteiger partial charge on any atom is -0.356 e. The summed E-state index contributed by atoms with van der Waals surface area (Å²) < 4.78 is 0. The Hall–Kier alpha value is -0.660. The van der Waals surface area contributed by atoms with Crippen LogP contribution in [0.4, 0.5) is 0 Å². The minimum absolute atomic E-state index is 0.639. The molecule has 0 fully saturated rings. The van der Waals surface area contributed by atoms with Crippen LogP contribution in [0.1, 0.15) is 252 Å². The third-order valence-electron chi connectivity index (χ3n) is 10.8. The lowest BCUT2D eigenvalue weighted by Crippen LogP contribution is -2.39. The van der Waals surface area contributed by atoms with Gasteiger partial charge >= 0.3 is 0 Å². The molecular weight excluding hydrogens is 556 g/mol. The molecule has 0 spiro atoms. The van der Waals surface area contributed by atoms with Crippen LogP contribution in [-0.2, 0) is 0 Å². The summed E-state index contributed by atoms with van der Waals surface area (Å²) in [6.45, 7) is 9.49. The fraction of sp³-hybridized carbons (Fsp3) is 0.955. The van der Waals surface area contributed by atoms with Gasteiger partial charge in [-0.3, -0.25) is 0 Å². The first-order valence-corrected chi connectivity index (χ1v) is 22.0. The molecule has 0 N–H and O–H groups in total. The van der Waals surface area contributed by atoms with Crippen molar-refractivity contribution in [3.8, 4) is 0 Å². The molecule has 2 nitrogen and oxygen atoms in total. The van der Waals surface area contributed by atoms with Gasteiger partial charge in [-0.15, -0.1) is 0 Å². The third kappa shape index (κ3) is 27.3. The SMILES string of the molecule is CCCCCCCCCCCCCCCCCCCN1C=CN(CCCCCCCCCCCCCCC)C1CCCCCCC. The van der Waals surface area contributed by atoms with Crippen molar-refractivity contribution in [2.45, 2.75) is 258 Å². The molecule has 274 valence electrons. The summed E-state index contributed by atoms with van der Waals surface area (Å²) >= 11 is 0. The summed E-state index contributed by atoms with van der Waals surface area (Å²) in [5, 5.41) is 0. The molecule has 1 aliphatic heterocycles. The van der Waals surface area contributed by atoms with Gasteiger partial charge in [0.15, 0.2) is 0 Å². The van der Waals surface area contributed by atoms with Crippen molar-refractivity contribution >= 4 is 0 Å². The van der Waals surface area contributed by atoms with E-state index in [1.165, 1.54) is 244 Å². The van der Waals surface area contributed by atoms with Gasteiger partial charge in [0.05, 0.1) is 0 Å². The van der Waals surface area contributed by atoms with Gasteiger partial charge in [0.1, 0.15) is 6.17 Å². The van der Waals surface area contributed by atoms with Crippen molar-refractivity contribution < 1.29 is 0 Å². The highest BCUT2D eigenvalue weighted by Crippen LogP contribution is 2.24. The largest absolute Gasteiger partial charge is 0.356 e. The summed E-state index contributed by atoms with van der Waals surface area (Å²) in [6.07, 6.45) is 57.4. The minimum atomic E-state index is 0.639. The van der Waals surface area contributed by atoms with E-state index in [2.05, 4.69) is 43.0 Å². The maximum atomic E-state index is 2.72. The first kappa shape index (κ1) is 43.4. The van der Waals surface area contributed by atoms with Crippen LogP contribution in [0.5, 0.6) is 0 Å². The van der Waals surface area contributed by atoms with Crippen molar-refractivity contribution in [3.63, 3.8) is 0 Å². The summed E-state index contributed by atoms with van der Waals surface area (Å²) in [6, 6.07) is 0. The van der Waals surface area contributed by atoms with Crippen LogP contribution < -0.4 is 0 Å².